The summed E-state index contributed by atoms with van der Waals surface area (Å²) in [5, 5.41) is 3.41. The zero-order chi connectivity index (χ0) is 13.9. The van der Waals surface area contributed by atoms with Gasteiger partial charge in [0.25, 0.3) is 0 Å². The lowest BCUT2D eigenvalue weighted by Gasteiger charge is -2.27. The molecule has 0 radical (unpaired) electrons. The summed E-state index contributed by atoms with van der Waals surface area (Å²) in [5.74, 6) is 1.14. The third-order valence-corrected chi connectivity index (χ3v) is 4.62. The average molecular weight is 348 g/mol. The minimum Gasteiger partial charge on any atom is -0.493 e. The van der Waals surface area contributed by atoms with Crippen LogP contribution in [0.15, 0.2) is 22.7 Å². The maximum Gasteiger partial charge on any atom is 0.147 e. The van der Waals surface area contributed by atoms with Gasteiger partial charge in [-0.1, -0.05) is 15.9 Å². The molecule has 0 bridgehead atoms. The smallest absolute Gasteiger partial charge is 0.147 e. The third-order valence-electron chi connectivity index (χ3n) is 3.09. The van der Waals surface area contributed by atoms with E-state index in [-0.39, 0.29) is 11.8 Å². The van der Waals surface area contributed by atoms with Gasteiger partial charge in [0.15, 0.2) is 0 Å². The van der Waals surface area contributed by atoms with Crippen molar-refractivity contribution in [1.29, 1.82) is 0 Å². The zero-order valence-corrected chi connectivity index (χ0v) is 13.3. The van der Waals surface area contributed by atoms with Crippen LogP contribution in [0.1, 0.15) is 24.4 Å². The second-order valence-electron chi connectivity index (χ2n) is 4.81. The molecule has 0 spiro atoms. The van der Waals surface area contributed by atoms with Crippen LogP contribution in [0, 0.1) is 0 Å². The minimum atomic E-state index is -2.87. The first-order valence-corrected chi connectivity index (χ1v) is 9.14. The number of hydrogen-bond donors (Lipinski definition) is 1. The van der Waals surface area contributed by atoms with Crippen molar-refractivity contribution in [2.75, 3.05) is 25.2 Å². The molecular weight excluding hydrogens is 330 g/mol. The van der Waals surface area contributed by atoms with Gasteiger partial charge in [-0.05, 0) is 31.2 Å². The van der Waals surface area contributed by atoms with E-state index in [0.717, 1.165) is 22.2 Å². The van der Waals surface area contributed by atoms with Gasteiger partial charge in [-0.15, -0.1) is 0 Å². The van der Waals surface area contributed by atoms with Crippen molar-refractivity contribution in [2.24, 2.45) is 0 Å². The van der Waals surface area contributed by atoms with Gasteiger partial charge < -0.3 is 10.1 Å². The molecule has 2 rings (SSSR count). The summed E-state index contributed by atoms with van der Waals surface area (Å²) in [7, 11) is -2.87. The molecule has 0 saturated heterocycles. The monoisotopic (exact) mass is 347 g/mol. The standard InChI is InChI=1S/C13H18BrNO3S/c1-19(16,17)8-2-6-15-12-5-7-18-13-4-3-10(14)9-11(12)13/h3-4,9,12,15H,2,5-8H2,1H3. The molecule has 1 aromatic rings. The van der Waals surface area contributed by atoms with Gasteiger partial charge in [0.2, 0.25) is 0 Å². The topological polar surface area (TPSA) is 55.4 Å². The lowest BCUT2D eigenvalue weighted by molar-refractivity contribution is 0.253. The first-order valence-electron chi connectivity index (χ1n) is 6.29. The summed E-state index contributed by atoms with van der Waals surface area (Å²) in [6, 6.07) is 6.22. The lowest BCUT2D eigenvalue weighted by Crippen LogP contribution is -2.28. The summed E-state index contributed by atoms with van der Waals surface area (Å²) in [6.45, 7) is 1.39. The molecule has 1 aliphatic heterocycles. The summed E-state index contributed by atoms with van der Waals surface area (Å²) in [4.78, 5) is 0. The number of ether oxygens (including phenoxy) is 1. The average Bonchev–Trinajstić information content (AvgIpc) is 2.33. The van der Waals surface area contributed by atoms with Gasteiger partial charge in [0, 0.05) is 28.8 Å². The van der Waals surface area contributed by atoms with Gasteiger partial charge in [0.1, 0.15) is 15.6 Å². The van der Waals surface area contributed by atoms with E-state index in [1.807, 2.05) is 12.1 Å². The van der Waals surface area contributed by atoms with Crippen molar-refractivity contribution in [3.05, 3.63) is 28.2 Å². The van der Waals surface area contributed by atoms with Crippen molar-refractivity contribution < 1.29 is 13.2 Å². The van der Waals surface area contributed by atoms with Gasteiger partial charge in [-0.25, -0.2) is 8.42 Å². The molecule has 1 heterocycles. The Balaban J connectivity index is 1.94. The van der Waals surface area contributed by atoms with E-state index in [4.69, 9.17) is 4.74 Å². The third kappa shape index (κ3) is 4.47. The number of fused-ring (bicyclic) bond motifs is 1. The zero-order valence-electron chi connectivity index (χ0n) is 10.9. The van der Waals surface area contributed by atoms with Crippen molar-refractivity contribution in [3.8, 4) is 5.75 Å². The van der Waals surface area contributed by atoms with Crippen LogP contribution in [0.3, 0.4) is 0 Å². The first kappa shape index (κ1) is 14.8. The summed E-state index contributed by atoms with van der Waals surface area (Å²) < 4.78 is 28.8. The molecule has 0 amide bonds. The van der Waals surface area contributed by atoms with Crippen LogP contribution in [0.5, 0.6) is 5.75 Å². The quantitative estimate of drug-likeness (QED) is 0.830. The number of rotatable bonds is 5. The highest BCUT2D eigenvalue weighted by atomic mass is 79.9. The fraction of sp³-hybridized carbons (Fsp3) is 0.538. The van der Waals surface area contributed by atoms with Crippen LogP contribution in [0.2, 0.25) is 0 Å². The summed E-state index contributed by atoms with van der Waals surface area (Å²) >= 11 is 3.46. The lowest BCUT2D eigenvalue weighted by atomic mass is 10.0. The Bertz CT molecular complexity index is 545. The van der Waals surface area contributed by atoms with Crippen LogP contribution >= 0.6 is 15.9 Å². The molecule has 0 aliphatic carbocycles. The number of nitrogens with one attached hydrogen (secondary N) is 1. The minimum absolute atomic E-state index is 0.231. The molecule has 6 heteroatoms. The van der Waals surface area contributed by atoms with Gasteiger partial charge in [0.05, 0.1) is 12.4 Å². The maximum atomic E-state index is 11.1. The fourth-order valence-electron chi connectivity index (χ4n) is 2.19. The van der Waals surface area contributed by atoms with Crippen molar-refractivity contribution in [1.82, 2.24) is 5.32 Å². The number of benzene rings is 1. The van der Waals surface area contributed by atoms with E-state index in [9.17, 15) is 8.42 Å². The van der Waals surface area contributed by atoms with Crippen molar-refractivity contribution >= 4 is 25.8 Å². The molecule has 106 valence electrons. The van der Waals surface area contributed by atoms with Crippen molar-refractivity contribution in [2.45, 2.75) is 18.9 Å². The second-order valence-corrected chi connectivity index (χ2v) is 7.98. The molecule has 1 aromatic carbocycles. The molecule has 0 aromatic heterocycles. The predicted octanol–water partition coefficient (Wildman–Crippen LogP) is 2.30. The van der Waals surface area contributed by atoms with Crippen LogP contribution in [-0.4, -0.2) is 33.6 Å². The molecule has 1 unspecified atom stereocenters. The van der Waals surface area contributed by atoms with E-state index in [1.54, 1.807) is 0 Å². The Hall–Kier alpha value is -0.590. The number of sulfone groups is 1. The molecule has 1 atom stereocenters. The Labute approximate surface area is 122 Å². The summed E-state index contributed by atoms with van der Waals surface area (Å²) in [6.07, 6.45) is 2.82. The Morgan fingerprint density at radius 2 is 2.26 bits per heavy atom. The highest BCUT2D eigenvalue weighted by molar-refractivity contribution is 9.10. The maximum absolute atomic E-state index is 11.1. The Morgan fingerprint density at radius 1 is 1.47 bits per heavy atom. The van der Waals surface area contributed by atoms with Crippen LogP contribution in [0.25, 0.3) is 0 Å². The Morgan fingerprint density at radius 3 is 3.00 bits per heavy atom. The van der Waals surface area contributed by atoms with Gasteiger partial charge in [-0.2, -0.15) is 0 Å². The van der Waals surface area contributed by atoms with Crippen LogP contribution in [-0.2, 0) is 9.84 Å². The molecule has 1 N–H and O–H groups in total. The largest absolute Gasteiger partial charge is 0.493 e. The molecule has 4 nitrogen and oxygen atoms in total. The highest BCUT2D eigenvalue weighted by Gasteiger charge is 2.21. The van der Waals surface area contributed by atoms with E-state index in [0.29, 0.717) is 19.6 Å². The van der Waals surface area contributed by atoms with E-state index < -0.39 is 9.84 Å². The molecule has 0 saturated carbocycles. The van der Waals surface area contributed by atoms with Crippen LogP contribution < -0.4 is 10.1 Å². The fourth-order valence-corrected chi connectivity index (χ4v) is 3.24. The normalized spacial score (nSPS) is 18.7. The summed E-state index contributed by atoms with van der Waals surface area (Å²) in [5.41, 5.74) is 1.14. The Kier molecular flexibility index (Phi) is 4.86. The predicted molar refractivity (Wildman–Crippen MR) is 79.3 cm³/mol. The molecular formula is C13H18BrNO3S. The van der Waals surface area contributed by atoms with Crippen LogP contribution in [0.4, 0.5) is 0 Å². The number of halogens is 1. The van der Waals surface area contributed by atoms with Gasteiger partial charge >= 0.3 is 0 Å². The number of hydrogen-bond acceptors (Lipinski definition) is 4. The molecule has 0 fully saturated rings. The van der Waals surface area contributed by atoms with E-state index in [1.165, 1.54) is 6.26 Å². The molecule has 19 heavy (non-hydrogen) atoms. The molecule has 1 aliphatic rings. The van der Waals surface area contributed by atoms with E-state index >= 15 is 0 Å². The SMILES string of the molecule is CS(=O)(=O)CCCNC1CCOc2ccc(Br)cc21. The van der Waals surface area contributed by atoms with E-state index in [2.05, 4.69) is 27.3 Å². The van der Waals surface area contributed by atoms with Gasteiger partial charge in [-0.3, -0.25) is 0 Å². The second kappa shape index (κ2) is 6.24. The first-order chi connectivity index (χ1) is 8.96. The van der Waals surface area contributed by atoms with Crippen molar-refractivity contribution in [3.63, 3.8) is 0 Å². The highest BCUT2D eigenvalue weighted by Crippen LogP contribution is 2.33.